The molecule has 3 aromatic rings. The van der Waals surface area contributed by atoms with Gasteiger partial charge in [-0.05, 0) is 29.8 Å². The van der Waals surface area contributed by atoms with Gasteiger partial charge in [0.2, 0.25) is 11.0 Å². The fourth-order valence-electron chi connectivity index (χ4n) is 2.14. The van der Waals surface area contributed by atoms with Crippen LogP contribution in [-0.4, -0.2) is 28.9 Å². The minimum atomic E-state index is -0.256. The van der Waals surface area contributed by atoms with Gasteiger partial charge in [-0.15, -0.1) is 10.2 Å². The molecule has 2 aromatic carbocycles. The van der Waals surface area contributed by atoms with Crippen molar-refractivity contribution in [2.75, 3.05) is 23.0 Å². The fraction of sp³-hybridized carbons (Fsp3) is 0.167. The second-order valence-corrected chi connectivity index (χ2v) is 7.63. The highest BCUT2D eigenvalue weighted by atomic mass is 32.2. The number of nitrogens with one attached hydrogen (secondary N) is 1. The molecular weight excluding hydrogens is 371 g/mol. The molecule has 0 fully saturated rings. The molecular formula is C18H17FN4OS2. The lowest BCUT2D eigenvalue weighted by atomic mass is 10.2. The average molecular weight is 388 g/mol. The van der Waals surface area contributed by atoms with E-state index in [4.69, 9.17) is 0 Å². The summed E-state index contributed by atoms with van der Waals surface area (Å²) in [5.74, 6) is 0.0311. The van der Waals surface area contributed by atoms with Gasteiger partial charge >= 0.3 is 0 Å². The molecule has 3 rings (SSSR count). The zero-order chi connectivity index (χ0) is 18.4. The summed E-state index contributed by atoms with van der Waals surface area (Å²) in [5.41, 5.74) is 1.81. The average Bonchev–Trinajstić information content (AvgIpc) is 3.13. The molecule has 1 aromatic heterocycles. The Balaban J connectivity index is 1.49. The van der Waals surface area contributed by atoms with Gasteiger partial charge < -0.3 is 10.2 Å². The molecule has 0 atom stereocenters. The van der Waals surface area contributed by atoms with Crippen LogP contribution >= 0.6 is 23.1 Å². The highest BCUT2D eigenvalue weighted by Crippen LogP contribution is 2.26. The molecule has 8 heteroatoms. The number of thioether (sulfide) groups is 1. The number of benzene rings is 2. The fourth-order valence-corrected chi connectivity index (χ4v) is 3.80. The SMILES string of the molecule is CN(C(=O)CSc1nnc(NCc2ccc(F)cc2)s1)c1ccccc1. The lowest BCUT2D eigenvalue weighted by Gasteiger charge is -2.16. The largest absolute Gasteiger partial charge is 0.356 e. The maximum atomic E-state index is 12.9. The van der Waals surface area contributed by atoms with Crippen LogP contribution in [0, 0.1) is 5.82 Å². The summed E-state index contributed by atoms with van der Waals surface area (Å²) >= 11 is 2.75. The molecule has 0 saturated carbocycles. The summed E-state index contributed by atoms with van der Waals surface area (Å²) in [6, 6.07) is 15.8. The first-order valence-electron chi connectivity index (χ1n) is 7.88. The molecule has 0 aliphatic carbocycles. The second kappa shape index (κ2) is 8.77. The van der Waals surface area contributed by atoms with Crippen LogP contribution in [0.3, 0.4) is 0 Å². The van der Waals surface area contributed by atoms with Crippen LogP contribution in [0.25, 0.3) is 0 Å². The van der Waals surface area contributed by atoms with Crippen molar-refractivity contribution >= 4 is 39.8 Å². The summed E-state index contributed by atoms with van der Waals surface area (Å²) in [4.78, 5) is 13.9. The number of halogens is 1. The molecule has 5 nitrogen and oxygen atoms in total. The summed E-state index contributed by atoms with van der Waals surface area (Å²) < 4.78 is 13.6. The maximum absolute atomic E-state index is 12.9. The number of amides is 1. The zero-order valence-corrected chi connectivity index (χ0v) is 15.7. The lowest BCUT2D eigenvalue weighted by Crippen LogP contribution is -2.27. The molecule has 1 heterocycles. The van der Waals surface area contributed by atoms with Gasteiger partial charge in [0.25, 0.3) is 0 Å². The molecule has 0 spiro atoms. The van der Waals surface area contributed by atoms with E-state index >= 15 is 0 Å². The third-order valence-electron chi connectivity index (χ3n) is 3.60. The molecule has 0 saturated heterocycles. The molecule has 0 bridgehead atoms. The topological polar surface area (TPSA) is 58.1 Å². The molecule has 1 amide bonds. The maximum Gasteiger partial charge on any atom is 0.237 e. The predicted octanol–water partition coefficient (Wildman–Crippen LogP) is 4.04. The monoisotopic (exact) mass is 388 g/mol. The summed E-state index contributed by atoms with van der Waals surface area (Å²) in [6.45, 7) is 0.537. The Morgan fingerprint density at radius 1 is 1.15 bits per heavy atom. The number of para-hydroxylation sites is 1. The number of hydrogen-bond acceptors (Lipinski definition) is 6. The molecule has 134 valence electrons. The van der Waals surface area contributed by atoms with Crippen molar-refractivity contribution in [3.63, 3.8) is 0 Å². The molecule has 0 aliphatic rings. The van der Waals surface area contributed by atoms with Crippen LogP contribution in [0.5, 0.6) is 0 Å². The van der Waals surface area contributed by atoms with E-state index < -0.39 is 0 Å². The van der Waals surface area contributed by atoms with Crippen molar-refractivity contribution in [3.05, 3.63) is 66.0 Å². The van der Waals surface area contributed by atoms with Gasteiger partial charge in [0, 0.05) is 19.3 Å². The van der Waals surface area contributed by atoms with Gasteiger partial charge in [-0.3, -0.25) is 4.79 Å². The lowest BCUT2D eigenvalue weighted by molar-refractivity contribution is -0.115. The normalized spacial score (nSPS) is 10.5. The van der Waals surface area contributed by atoms with E-state index in [1.54, 1.807) is 24.1 Å². The standard InChI is InChI=1S/C18H17FN4OS2/c1-23(15-5-3-2-4-6-15)16(24)12-25-18-22-21-17(26-18)20-11-13-7-9-14(19)10-8-13/h2-10H,11-12H2,1H3,(H,20,21). The Morgan fingerprint density at radius 3 is 2.62 bits per heavy atom. The molecule has 1 N–H and O–H groups in total. The number of carbonyl (C=O) groups is 1. The Morgan fingerprint density at radius 2 is 1.88 bits per heavy atom. The molecule has 0 unspecified atom stereocenters. The van der Waals surface area contributed by atoms with E-state index in [0.717, 1.165) is 15.6 Å². The summed E-state index contributed by atoms with van der Waals surface area (Å²) in [6.07, 6.45) is 0. The first-order valence-corrected chi connectivity index (χ1v) is 9.68. The number of aromatic nitrogens is 2. The molecule has 0 aliphatic heterocycles. The number of hydrogen-bond donors (Lipinski definition) is 1. The Kier molecular flexibility index (Phi) is 6.19. The van der Waals surface area contributed by atoms with Crippen LogP contribution < -0.4 is 10.2 Å². The van der Waals surface area contributed by atoms with Gasteiger partial charge in [-0.25, -0.2) is 4.39 Å². The van der Waals surface area contributed by atoms with Crippen LogP contribution in [0.15, 0.2) is 58.9 Å². The van der Waals surface area contributed by atoms with E-state index in [1.807, 2.05) is 30.3 Å². The van der Waals surface area contributed by atoms with Gasteiger partial charge in [0.1, 0.15) is 5.82 Å². The Bertz CT molecular complexity index is 855. The predicted molar refractivity (Wildman–Crippen MR) is 104 cm³/mol. The van der Waals surface area contributed by atoms with Crippen molar-refractivity contribution in [3.8, 4) is 0 Å². The quantitative estimate of drug-likeness (QED) is 0.619. The number of carbonyl (C=O) groups excluding carboxylic acids is 1. The van der Waals surface area contributed by atoms with E-state index in [-0.39, 0.29) is 17.5 Å². The van der Waals surface area contributed by atoms with Gasteiger partial charge in [0.15, 0.2) is 4.34 Å². The van der Waals surface area contributed by atoms with Crippen molar-refractivity contribution in [1.29, 1.82) is 0 Å². The van der Waals surface area contributed by atoms with E-state index in [1.165, 1.54) is 35.2 Å². The number of nitrogens with zero attached hydrogens (tertiary/aromatic N) is 3. The first kappa shape index (κ1) is 18.3. The van der Waals surface area contributed by atoms with Crippen molar-refractivity contribution in [2.45, 2.75) is 10.9 Å². The van der Waals surface area contributed by atoms with Crippen molar-refractivity contribution in [1.82, 2.24) is 10.2 Å². The minimum absolute atomic E-state index is 0.00257. The number of rotatable bonds is 7. The number of anilines is 2. The second-order valence-electron chi connectivity index (χ2n) is 5.43. The third-order valence-corrected chi connectivity index (χ3v) is 5.60. The summed E-state index contributed by atoms with van der Waals surface area (Å²) in [5, 5.41) is 12.0. The van der Waals surface area contributed by atoms with Crippen molar-refractivity contribution < 1.29 is 9.18 Å². The minimum Gasteiger partial charge on any atom is -0.356 e. The zero-order valence-electron chi connectivity index (χ0n) is 14.1. The van der Waals surface area contributed by atoms with Crippen LogP contribution in [0.2, 0.25) is 0 Å². The summed E-state index contributed by atoms with van der Waals surface area (Å²) in [7, 11) is 1.76. The highest BCUT2D eigenvalue weighted by Gasteiger charge is 2.13. The van der Waals surface area contributed by atoms with E-state index in [0.29, 0.717) is 11.7 Å². The van der Waals surface area contributed by atoms with Crippen LogP contribution in [0.4, 0.5) is 15.2 Å². The third kappa shape index (κ3) is 5.03. The Labute approximate surface area is 159 Å². The Hall–Kier alpha value is -2.45. The molecule has 0 radical (unpaired) electrons. The molecule has 26 heavy (non-hydrogen) atoms. The van der Waals surface area contributed by atoms with E-state index in [9.17, 15) is 9.18 Å². The smallest absolute Gasteiger partial charge is 0.237 e. The van der Waals surface area contributed by atoms with Gasteiger partial charge in [-0.2, -0.15) is 0 Å². The van der Waals surface area contributed by atoms with Crippen molar-refractivity contribution in [2.24, 2.45) is 0 Å². The highest BCUT2D eigenvalue weighted by molar-refractivity contribution is 8.01. The first-order chi connectivity index (χ1) is 12.6. The van der Waals surface area contributed by atoms with E-state index in [2.05, 4.69) is 15.5 Å². The van der Waals surface area contributed by atoms with Crippen LogP contribution in [-0.2, 0) is 11.3 Å². The van der Waals surface area contributed by atoms with Gasteiger partial charge in [0.05, 0.1) is 5.75 Å². The van der Waals surface area contributed by atoms with Crippen LogP contribution in [0.1, 0.15) is 5.56 Å². The van der Waals surface area contributed by atoms with Gasteiger partial charge in [-0.1, -0.05) is 53.4 Å².